The van der Waals surface area contributed by atoms with Gasteiger partial charge in [0.05, 0.1) is 6.61 Å². The molecule has 1 aliphatic heterocycles. The van der Waals surface area contributed by atoms with Crippen molar-refractivity contribution >= 4 is 0 Å². The third-order valence-corrected chi connectivity index (χ3v) is 5.73. The van der Waals surface area contributed by atoms with E-state index in [9.17, 15) is 8.78 Å². The molecule has 0 bridgehead atoms. The van der Waals surface area contributed by atoms with Gasteiger partial charge in [-0.05, 0) is 87.2 Å². The molecule has 4 rings (SSSR count). The van der Waals surface area contributed by atoms with E-state index in [0.29, 0.717) is 24.2 Å². The van der Waals surface area contributed by atoms with E-state index in [1.165, 1.54) is 17.7 Å². The summed E-state index contributed by atoms with van der Waals surface area (Å²) in [5.74, 6) is 1.14. The molecule has 162 valence electrons. The molecule has 2 aromatic carbocycles. The predicted molar refractivity (Wildman–Crippen MR) is 117 cm³/mol. The molecule has 1 aliphatic rings. The first-order valence-corrected chi connectivity index (χ1v) is 10.8. The van der Waals surface area contributed by atoms with Crippen LogP contribution in [-0.2, 0) is 0 Å². The van der Waals surface area contributed by atoms with E-state index in [0.717, 1.165) is 50.2 Å². The number of ether oxygens (including phenoxy) is 1. The van der Waals surface area contributed by atoms with E-state index in [2.05, 4.69) is 14.9 Å². The third kappa shape index (κ3) is 5.85. The smallest absolute Gasteiger partial charge is 0.217 e. The van der Waals surface area contributed by atoms with Gasteiger partial charge in [0, 0.05) is 23.9 Å². The highest BCUT2D eigenvalue weighted by atomic mass is 19.1. The molecular formula is C25H27F2N3O. The van der Waals surface area contributed by atoms with E-state index in [1.807, 2.05) is 25.1 Å². The van der Waals surface area contributed by atoms with Crippen LogP contribution in [0.2, 0.25) is 0 Å². The van der Waals surface area contributed by atoms with Gasteiger partial charge >= 0.3 is 0 Å². The van der Waals surface area contributed by atoms with E-state index in [-0.39, 0.29) is 11.6 Å². The predicted octanol–water partition coefficient (Wildman–Crippen LogP) is 5.38. The van der Waals surface area contributed by atoms with Gasteiger partial charge in [0.2, 0.25) is 5.88 Å². The molecule has 1 saturated heterocycles. The monoisotopic (exact) mass is 423 g/mol. The van der Waals surface area contributed by atoms with Crippen molar-refractivity contribution in [2.75, 3.05) is 26.2 Å². The van der Waals surface area contributed by atoms with Crippen LogP contribution in [0.3, 0.4) is 0 Å². The number of aryl methyl sites for hydroxylation is 1. The Morgan fingerprint density at radius 3 is 2.26 bits per heavy atom. The molecule has 1 aromatic heterocycles. The van der Waals surface area contributed by atoms with Crippen molar-refractivity contribution in [2.45, 2.75) is 32.1 Å². The van der Waals surface area contributed by atoms with Crippen LogP contribution in [0.15, 0.2) is 54.6 Å². The van der Waals surface area contributed by atoms with Crippen molar-refractivity contribution in [3.8, 4) is 17.3 Å². The van der Waals surface area contributed by atoms with Gasteiger partial charge in [0.25, 0.3) is 0 Å². The lowest BCUT2D eigenvalue weighted by atomic mass is 9.89. The average Bonchev–Trinajstić information content (AvgIpc) is 2.78. The van der Waals surface area contributed by atoms with E-state index in [4.69, 9.17) is 4.74 Å². The minimum Gasteiger partial charge on any atom is -0.478 e. The fraction of sp³-hybridized carbons (Fsp3) is 0.360. The summed E-state index contributed by atoms with van der Waals surface area (Å²) in [7, 11) is 0. The Kier molecular flexibility index (Phi) is 6.87. The van der Waals surface area contributed by atoms with Crippen molar-refractivity contribution in [1.29, 1.82) is 0 Å². The normalized spacial score (nSPS) is 15.2. The van der Waals surface area contributed by atoms with E-state index < -0.39 is 0 Å². The first-order valence-electron chi connectivity index (χ1n) is 10.8. The van der Waals surface area contributed by atoms with Crippen molar-refractivity contribution in [1.82, 2.24) is 14.9 Å². The minimum atomic E-state index is -0.283. The number of piperidine rings is 1. The molecule has 0 atom stereocenters. The quantitative estimate of drug-likeness (QED) is 0.478. The van der Waals surface area contributed by atoms with Crippen LogP contribution in [-0.4, -0.2) is 41.1 Å². The molecule has 0 radical (unpaired) electrons. The Balaban J connectivity index is 1.23. The minimum absolute atomic E-state index is 0.176. The van der Waals surface area contributed by atoms with Crippen molar-refractivity contribution in [2.24, 2.45) is 0 Å². The molecular weight excluding hydrogens is 396 g/mol. The maximum Gasteiger partial charge on any atom is 0.217 e. The topological polar surface area (TPSA) is 38.2 Å². The van der Waals surface area contributed by atoms with Crippen LogP contribution in [0.25, 0.3) is 11.4 Å². The number of halogens is 2. The lowest BCUT2D eigenvalue weighted by molar-refractivity contribution is 0.191. The second-order valence-electron chi connectivity index (χ2n) is 8.05. The number of likely N-dealkylation sites (tertiary alicyclic amines) is 1. The highest BCUT2D eigenvalue weighted by Gasteiger charge is 2.20. The van der Waals surface area contributed by atoms with Crippen molar-refractivity contribution in [3.05, 3.63) is 77.5 Å². The van der Waals surface area contributed by atoms with Crippen molar-refractivity contribution < 1.29 is 13.5 Å². The van der Waals surface area contributed by atoms with Crippen LogP contribution >= 0.6 is 0 Å². The summed E-state index contributed by atoms with van der Waals surface area (Å²) >= 11 is 0. The SMILES string of the molecule is Cc1cc(OCCCN2CCC(c3ccc(F)cc3)CC2)nc(-c2ccc(F)cc2)n1. The Morgan fingerprint density at radius 2 is 1.58 bits per heavy atom. The van der Waals surface area contributed by atoms with Gasteiger partial charge in [-0.1, -0.05) is 12.1 Å². The molecule has 0 saturated carbocycles. The van der Waals surface area contributed by atoms with Crippen LogP contribution in [0.4, 0.5) is 8.78 Å². The third-order valence-electron chi connectivity index (χ3n) is 5.73. The van der Waals surface area contributed by atoms with Gasteiger partial charge in [-0.2, -0.15) is 4.98 Å². The van der Waals surface area contributed by atoms with Crippen molar-refractivity contribution in [3.63, 3.8) is 0 Å². The summed E-state index contributed by atoms with van der Waals surface area (Å²) in [5, 5.41) is 0. The number of nitrogens with zero attached hydrogens (tertiary/aromatic N) is 3. The first-order chi connectivity index (χ1) is 15.1. The number of rotatable bonds is 7. The Hall–Kier alpha value is -2.86. The zero-order chi connectivity index (χ0) is 21.6. The molecule has 2 heterocycles. The van der Waals surface area contributed by atoms with Crippen LogP contribution in [0.1, 0.15) is 36.4 Å². The second kappa shape index (κ2) is 9.96. The lowest BCUT2D eigenvalue weighted by Gasteiger charge is -2.32. The molecule has 6 heteroatoms. The molecule has 0 amide bonds. The number of hydrogen-bond donors (Lipinski definition) is 0. The molecule has 0 aliphatic carbocycles. The molecule has 0 N–H and O–H groups in total. The fourth-order valence-electron chi connectivity index (χ4n) is 4.03. The Bertz CT molecular complexity index is 985. The fourth-order valence-corrected chi connectivity index (χ4v) is 4.03. The Morgan fingerprint density at radius 1 is 0.935 bits per heavy atom. The number of hydrogen-bond acceptors (Lipinski definition) is 4. The van der Waals surface area contributed by atoms with Gasteiger partial charge in [0.15, 0.2) is 5.82 Å². The first kappa shape index (κ1) is 21.4. The highest BCUT2D eigenvalue weighted by molar-refractivity contribution is 5.55. The summed E-state index contributed by atoms with van der Waals surface area (Å²) in [5.41, 5.74) is 2.81. The molecule has 3 aromatic rings. The van der Waals surface area contributed by atoms with Gasteiger partial charge in [-0.15, -0.1) is 0 Å². The van der Waals surface area contributed by atoms with Gasteiger partial charge < -0.3 is 9.64 Å². The largest absolute Gasteiger partial charge is 0.478 e. The van der Waals surface area contributed by atoms with Crippen LogP contribution in [0.5, 0.6) is 5.88 Å². The van der Waals surface area contributed by atoms with Gasteiger partial charge in [0.1, 0.15) is 11.6 Å². The highest BCUT2D eigenvalue weighted by Crippen LogP contribution is 2.28. The second-order valence-corrected chi connectivity index (χ2v) is 8.05. The summed E-state index contributed by atoms with van der Waals surface area (Å²) in [6, 6.07) is 14.9. The van der Waals surface area contributed by atoms with Crippen LogP contribution in [0, 0.1) is 18.6 Å². The molecule has 0 unspecified atom stereocenters. The van der Waals surface area contributed by atoms with E-state index in [1.54, 1.807) is 24.3 Å². The maximum atomic E-state index is 13.2. The standard InChI is InChI=1S/C25H27F2N3O/c1-18-17-24(29-25(28-18)21-5-9-23(27)10-6-21)31-16-2-13-30-14-11-20(12-15-30)19-3-7-22(26)8-4-19/h3-10,17,20H,2,11-16H2,1H3. The van der Waals surface area contributed by atoms with Crippen LogP contribution < -0.4 is 4.74 Å². The number of benzene rings is 2. The number of aromatic nitrogens is 2. The molecule has 0 spiro atoms. The molecule has 1 fully saturated rings. The maximum absolute atomic E-state index is 13.2. The molecule has 31 heavy (non-hydrogen) atoms. The average molecular weight is 424 g/mol. The summed E-state index contributed by atoms with van der Waals surface area (Å²) in [6.45, 7) is 5.54. The zero-order valence-electron chi connectivity index (χ0n) is 17.7. The summed E-state index contributed by atoms with van der Waals surface area (Å²) < 4.78 is 32.2. The van der Waals surface area contributed by atoms with Gasteiger partial charge in [-0.3, -0.25) is 0 Å². The summed E-state index contributed by atoms with van der Waals surface area (Å²) in [6.07, 6.45) is 3.10. The summed E-state index contributed by atoms with van der Waals surface area (Å²) in [4.78, 5) is 11.4. The van der Waals surface area contributed by atoms with E-state index >= 15 is 0 Å². The lowest BCUT2D eigenvalue weighted by Crippen LogP contribution is -2.34. The zero-order valence-corrected chi connectivity index (χ0v) is 17.7. The van der Waals surface area contributed by atoms with Gasteiger partial charge in [-0.25, -0.2) is 13.8 Å². The Labute approximate surface area is 181 Å². The molecule has 4 nitrogen and oxygen atoms in total.